The van der Waals surface area contributed by atoms with Crippen LogP contribution < -0.4 is 5.32 Å². The Kier molecular flexibility index (Phi) is 4.32. The van der Waals surface area contributed by atoms with E-state index in [-0.39, 0.29) is 11.5 Å². The molecular weight excluding hydrogens is 325 g/mol. The number of carboxylic acids is 1. The molecule has 104 valence electrons. The number of aromatic carboxylic acids is 1. The third kappa shape index (κ3) is 3.12. The average molecular weight is 333 g/mol. The zero-order chi connectivity index (χ0) is 14.9. The highest BCUT2D eigenvalue weighted by Crippen LogP contribution is 2.33. The first-order chi connectivity index (χ1) is 9.38. The molecule has 2 N–H and O–H groups in total. The quantitative estimate of drug-likeness (QED) is 0.824. The molecule has 0 fully saturated rings. The van der Waals surface area contributed by atoms with Gasteiger partial charge in [0.1, 0.15) is 0 Å². The third-order valence-corrected chi connectivity index (χ3v) is 3.50. The number of benzene rings is 1. The molecule has 1 aromatic heterocycles. The second-order valence-corrected chi connectivity index (χ2v) is 5.09. The van der Waals surface area contributed by atoms with E-state index in [1.807, 2.05) is 0 Å². The fraction of sp³-hybridized carbons (Fsp3) is 0.0833. The summed E-state index contributed by atoms with van der Waals surface area (Å²) in [7, 11) is 0. The maximum absolute atomic E-state index is 10.9. The summed E-state index contributed by atoms with van der Waals surface area (Å²) in [4.78, 5) is 18.8. The highest BCUT2D eigenvalue weighted by Gasteiger charge is 2.11. The Morgan fingerprint density at radius 1 is 1.20 bits per heavy atom. The zero-order valence-corrected chi connectivity index (χ0v) is 12.4. The monoisotopic (exact) mass is 331 g/mol. The molecule has 0 radical (unpaired) electrons. The third-order valence-electron chi connectivity index (χ3n) is 2.47. The van der Waals surface area contributed by atoms with Crippen LogP contribution >= 0.6 is 34.8 Å². The fourth-order valence-electron chi connectivity index (χ4n) is 1.48. The van der Waals surface area contributed by atoms with Crippen molar-refractivity contribution in [1.29, 1.82) is 0 Å². The number of carboxylic acid groups (broad SMARTS) is 1. The van der Waals surface area contributed by atoms with Crippen LogP contribution in [0.3, 0.4) is 0 Å². The predicted molar refractivity (Wildman–Crippen MR) is 78.5 cm³/mol. The summed E-state index contributed by atoms with van der Waals surface area (Å²) >= 11 is 17.7. The lowest BCUT2D eigenvalue weighted by Crippen LogP contribution is -2.06. The molecule has 0 unspecified atom stereocenters. The van der Waals surface area contributed by atoms with E-state index in [1.165, 1.54) is 18.3 Å². The van der Waals surface area contributed by atoms with Gasteiger partial charge in [-0.3, -0.25) is 0 Å². The Morgan fingerprint density at radius 2 is 1.85 bits per heavy atom. The van der Waals surface area contributed by atoms with Gasteiger partial charge in [-0.2, -0.15) is 0 Å². The molecule has 0 aliphatic heterocycles. The fourth-order valence-corrected chi connectivity index (χ4v) is 2.07. The van der Waals surface area contributed by atoms with Crippen molar-refractivity contribution in [3.8, 4) is 0 Å². The summed E-state index contributed by atoms with van der Waals surface area (Å²) in [5.41, 5.74) is 0.852. The van der Waals surface area contributed by atoms with Gasteiger partial charge in [-0.1, -0.05) is 34.8 Å². The number of hydrogen-bond acceptors (Lipinski definition) is 4. The number of aryl methyl sites for hydroxylation is 1. The molecular formula is C12H8Cl3N3O2. The summed E-state index contributed by atoms with van der Waals surface area (Å²) in [5.74, 6) is -0.866. The SMILES string of the molecule is Cc1nc(Nc2cc(Cl)c(Cl)cc2Cl)ncc1C(=O)O. The number of halogens is 3. The maximum atomic E-state index is 10.9. The Morgan fingerprint density at radius 3 is 2.45 bits per heavy atom. The number of hydrogen-bond donors (Lipinski definition) is 2. The van der Waals surface area contributed by atoms with Gasteiger partial charge in [0.25, 0.3) is 0 Å². The van der Waals surface area contributed by atoms with Gasteiger partial charge in [0, 0.05) is 6.20 Å². The van der Waals surface area contributed by atoms with Crippen LogP contribution in [-0.4, -0.2) is 21.0 Å². The Bertz CT molecular complexity index is 692. The van der Waals surface area contributed by atoms with Crippen LogP contribution in [0.5, 0.6) is 0 Å². The van der Waals surface area contributed by atoms with E-state index in [0.29, 0.717) is 26.4 Å². The van der Waals surface area contributed by atoms with Gasteiger partial charge in [-0.05, 0) is 19.1 Å². The summed E-state index contributed by atoms with van der Waals surface area (Å²) in [6.07, 6.45) is 1.22. The Hall–Kier alpha value is -1.56. The molecule has 1 heterocycles. The highest BCUT2D eigenvalue weighted by molar-refractivity contribution is 6.44. The van der Waals surface area contributed by atoms with E-state index in [4.69, 9.17) is 39.9 Å². The summed E-state index contributed by atoms with van der Waals surface area (Å²) in [5, 5.41) is 12.8. The molecule has 1 aromatic carbocycles. The highest BCUT2D eigenvalue weighted by atomic mass is 35.5. The van der Waals surface area contributed by atoms with Crippen LogP contribution in [0, 0.1) is 6.92 Å². The van der Waals surface area contributed by atoms with Crippen molar-refractivity contribution in [2.24, 2.45) is 0 Å². The van der Waals surface area contributed by atoms with Crippen LogP contribution in [0.2, 0.25) is 15.1 Å². The van der Waals surface area contributed by atoms with Gasteiger partial charge < -0.3 is 10.4 Å². The number of nitrogens with one attached hydrogen (secondary N) is 1. The molecule has 5 nitrogen and oxygen atoms in total. The van der Waals surface area contributed by atoms with Crippen LogP contribution in [0.4, 0.5) is 11.6 Å². The Labute approximate surface area is 129 Å². The van der Waals surface area contributed by atoms with E-state index in [0.717, 1.165) is 0 Å². The molecule has 0 amide bonds. The maximum Gasteiger partial charge on any atom is 0.339 e. The van der Waals surface area contributed by atoms with Crippen molar-refractivity contribution in [1.82, 2.24) is 9.97 Å². The minimum atomic E-state index is -1.08. The van der Waals surface area contributed by atoms with E-state index in [9.17, 15) is 4.79 Å². The van der Waals surface area contributed by atoms with E-state index in [1.54, 1.807) is 6.92 Å². The van der Waals surface area contributed by atoms with Crippen molar-refractivity contribution in [2.75, 3.05) is 5.32 Å². The van der Waals surface area contributed by atoms with Crippen LogP contribution in [-0.2, 0) is 0 Å². The molecule has 2 aromatic rings. The minimum Gasteiger partial charge on any atom is -0.478 e. The first kappa shape index (κ1) is 14.8. The second-order valence-electron chi connectivity index (χ2n) is 3.87. The van der Waals surface area contributed by atoms with Crippen molar-refractivity contribution >= 4 is 52.4 Å². The van der Waals surface area contributed by atoms with Gasteiger partial charge in [-0.15, -0.1) is 0 Å². The molecule has 0 spiro atoms. The normalized spacial score (nSPS) is 10.4. The molecule has 0 aliphatic carbocycles. The van der Waals surface area contributed by atoms with Crippen molar-refractivity contribution in [2.45, 2.75) is 6.92 Å². The second kappa shape index (κ2) is 5.83. The average Bonchev–Trinajstić information content (AvgIpc) is 2.35. The standard InChI is InChI=1S/C12H8Cl3N3O2/c1-5-6(11(19)20)4-16-12(17-5)18-10-3-8(14)7(13)2-9(10)15/h2-4H,1H3,(H,19,20)(H,16,17,18). The lowest BCUT2D eigenvalue weighted by Gasteiger charge is -2.09. The predicted octanol–water partition coefficient (Wildman–Crippen LogP) is 4.19. The smallest absolute Gasteiger partial charge is 0.339 e. The minimum absolute atomic E-state index is 0.0378. The van der Waals surface area contributed by atoms with E-state index >= 15 is 0 Å². The summed E-state index contributed by atoms with van der Waals surface area (Å²) in [6, 6.07) is 3.03. The van der Waals surface area contributed by atoms with Crippen LogP contribution in [0.25, 0.3) is 0 Å². The number of carbonyl (C=O) groups is 1. The largest absolute Gasteiger partial charge is 0.478 e. The van der Waals surface area contributed by atoms with Gasteiger partial charge in [0.05, 0.1) is 32.0 Å². The molecule has 0 saturated heterocycles. The summed E-state index contributed by atoms with van der Waals surface area (Å²) < 4.78 is 0. The topological polar surface area (TPSA) is 75.1 Å². The summed E-state index contributed by atoms with van der Waals surface area (Å²) in [6.45, 7) is 1.58. The van der Waals surface area contributed by atoms with Gasteiger partial charge in [0.15, 0.2) is 0 Å². The number of anilines is 2. The molecule has 0 saturated carbocycles. The van der Waals surface area contributed by atoms with E-state index in [2.05, 4.69) is 15.3 Å². The van der Waals surface area contributed by atoms with Crippen molar-refractivity contribution < 1.29 is 9.90 Å². The van der Waals surface area contributed by atoms with Crippen LogP contribution in [0.15, 0.2) is 18.3 Å². The van der Waals surface area contributed by atoms with Crippen molar-refractivity contribution in [3.63, 3.8) is 0 Å². The Balaban J connectivity index is 2.33. The molecule has 8 heteroatoms. The zero-order valence-electron chi connectivity index (χ0n) is 10.1. The molecule has 20 heavy (non-hydrogen) atoms. The first-order valence-electron chi connectivity index (χ1n) is 5.37. The number of aromatic nitrogens is 2. The van der Waals surface area contributed by atoms with Gasteiger partial charge >= 0.3 is 5.97 Å². The molecule has 0 bridgehead atoms. The molecule has 0 atom stereocenters. The number of nitrogens with zero attached hydrogens (tertiary/aromatic N) is 2. The lowest BCUT2D eigenvalue weighted by atomic mass is 10.2. The number of rotatable bonds is 3. The first-order valence-corrected chi connectivity index (χ1v) is 6.50. The van der Waals surface area contributed by atoms with Crippen LogP contribution in [0.1, 0.15) is 16.1 Å². The van der Waals surface area contributed by atoms with Gasteiger partial charge in [-0.25, -0.2) is 14.8 Å². The van der Waals surface area contributed by atoms with Crippen molar-refractivity contribution in [3.05, 3.63) is 44.7 Å². The van der Waals surface area contributed by atoms with E-state index < -0.39 is 5.97 Å². The van der Waals surface area contributed by atoms with Gasteiger partial charge in [0.2, 0.25) is 5.95 Å². The molecule has 2 rings (SSSR count). The molecule has 0 aliphatic rings. The lowest BCUT2D eigenvalue weighted by molar-refractivity contribution is 0.0695.